The van der Waals surface area contributed by atoms with Gasteiger partial charge in [-0.1, -0.05) is 12.8 Å². The number of nitrogens with one attached hydrogen (secondary N) is 2. The molecule has 2 aromatic rings. The number of carbonyl (C=O) groups excluding carboxylic acids is 1. The molecule has 1 aromatic carbocycles. The van der Waals surface area contributed by atoms with Crippen molar-refractivity contribution in [3.8, 4) is 0 Å². The minimum atomic E-state index is -0.752. The van der Waals surface area contributed by atoms with Gasteiger partial charge in [0.1, 0.15) is 0 Å². The highest BCUT2D eigenvalue weighted by Crippen LogP contribution is 2.11. The van der Waals surface area contributed by atoms with Crippen LogP contribution in [0, 0.1) is 0 Å². The number of hydrogen-bond donors (Lipinski definition) is 3. The number of carboxylic acids is 1. The molecule has 0 atom stereocenters. The molecule has 0 fully saturated rings. The van der Waals surface area contributed by atoms with Gasteiger partial charge in [-0.3, -0.25) is 9.59 Å². The molecule has 1 aromatic heterocycles. The Morgan fingerprint density at radius 3 is 2.81 bits per heavy atom. The van der Waals surface area contributed by atoms with Crippen LogP contribution in [0.15, 0.2) is 24.5 Å². The number of carbonyl (C=O) groups is 2. The maximum atomic E-state index is 12.0. The summed E-state index contributed by atoms with van der Waals surface area (Å²) in [6, 6.07) is 5.35. The molecular formula is C15H19N3O3. The van der Waals surface area contributed by atoms with E-state index in [0.717, 1.165) is 30.3 Å². The van der Waals surface area contributed by atoms with Crippen molar-refractivity contribution >= 4 is 22.9 Å². The van der Waals surface area contributed by atoms with Crippen LogP contribution in [0.3, 0.4) is 0 Å². The van der Waals surface area contributed by atoms with Crippen molar-refractivity contribution in [1.82, 2.24) is 15.3 Å². The summed E-state index contributed by atoms with van der Waals surface area (Å²) in [5.74, 6) is -0.852. The Kier molecular flexibility index (Phi) is 5.31. The number of benzene rings is 1. The average molecular weight is 289 g/mol. The predicted octanol–water partition coefficient (Wildman–Crippen LogP) is 2.33. The topological polar surface area (TPSA) is 95.1 Å². The zero-order valence-corrected chi connectivity index (χ0v) is 11.8. The number of amides is 1. The van der Waals surface area contributed by atoms with Crippen molar-refractivity contribution < 1.29 is 14.7 Å². The molecule has 6 nitrogen and oxygen atoms in total. The molecule has 0 spiro atoms. The van der Waals surface area contributed by atoms with E-state index in [1.807, 2.05) is 6.07 Å². The number of rotatable bonds is 8. The Morgan fingerprint density at radius 1 is 1.19 bits per heavy atom. The van der Waals surface area contributed by atoms with E-state index in [4.69, 9.17) is 5.11 Å². The van der Waals surface area contributed by atoms with Crippen LogP contribution in [0.5, 0.6) is 0 Å². The van der Waals surface area contributed by atoms with Crippen molar-refractivity contribution in [2.75, 3.05) is 6.54 Å². The molecule has 112 valence electrons. The van der Waals surface area contributed by atoms with Gasteiger partial charge in [0.15, 0.2) is 0 Å². The smallest absolute Gasteiger partial charge is 0.303 e. The molecule has 0 bridgehead atoms. The number of H-pyrrole nitrogens is 1. The number of imidazole rings is 1. The van der Waals surface area contributed by atoms with Crippen LogP contribution in [-0.2, 0) is 4.79 Å². The molecule has 6 heteroatoms. The third-order valence-corrected chi connectivity index (χ3v) is 3.29. The first-order valence-corrected chi connectivity index (χ1v) is 7.10. The average Bonchev–Trinajstić information content (AvgIpc) is 2.93. The van der Waals surface area contributed by atoms with Crippen LogP contribution >= 0.6 is 0 Å². The van der Waals surface area contributed by atoms with Gasteiger partial charge in [-0.2, -0.15) is 0 Å². The van der Waals surface area contributed by atoms with Gasteiger partial charge in [0.2, 0.25) is 0 Å². The summed E-state index contributed by atoms with van der Waals surface area (Å²) in [5, 5.41) is 11.4. The van der Waals surface area contributed by atoms with Crippen molar-refractivity contribution in [1.29, 1.82) is 0 Å². The molecule has 0 aliphatic rings. The fourth-order valence-corrected chi connectivity index (χ4v) is 2.14. The largest absolute Gasteiger partial charge is 0.481 e. The third kappa shape index (κ3) is 4.59. The highest BCUT2D eigenvalue weighted by molar-refractivity contribution is 5.97. The predicted molar refractivity (Wildman–Crippen MR) is 79.1 cm³/mol. The van der Waals surface area contributed by atoms with E-state index in [2.05, 4.69) is 15.3 Å². The third-order valence-electron chi connectivity index (χ3n) is 3.29. The second kappa shape index (κ2) is 7.42. The molecule has 0 aliphatic heterocycles. The van der Waals surface area contributed by atoms with E-state index in [1.165, 1.54) is 0 Å². The lowest BCUT2D eigenvalue weighted by atomic mass is 10.1. The first kappa shape index (κ1) is 15.0. The first-order valence-electron chi connectivity index (χ1n) is 7.10. The van der Waals surface area contributed by atoms with Crippen LogP contribution in [0.25, 0.3) is 11.0 Å². The number of hydrogen-bond acceptors (Lipinski definition) is 3. The molecule has 21 heavy (non-hydrogen) atoms. The summed E-state index contributed by atoms with van der Waals surface area (Å²) in [4.78, 5) is 29.4. The Balaban J connectivity index is 1.68. The molecule has 1 heterocycles. The van der Waals surface area contributed by atoms with Gasteiger partial charge in [-0.05, 0) is 31.0 Å². The minimum absolute atomic E-state index is 0.1000. The van der Waals surface area contributed by atoms with Gasteiger partial charge >= 0.3 is 5.97 Å². The molecule has 0 radical (unpaired) electrons. The number of aromatic nitrogens is 2. The van der Waals surface area contributed by atoms with E-state index in [9.17, 15) is 9.59 Å². The molecular weight excluding hydrogens is 270 g/mol. The Hall–Kier alpha value is -2.37. The molecule has 2 rings (SSSR count). The van der Waals surface area contributed by atoms with Crippen molar-refractivity contribution in [3.63, 3.8) is 0 Å². The van der Waals surface area contributed by atoms with Crippen LogP contribution in [-0.4, -0.2) is 33.5 Å². The number of nitrogens with zero attached hydrogens (tertiary/aromatic N) is 1. The summed E-state index contributed by atoms with van der Waals surface area (Å²) >= 11 is 0. The zero-order valence-electron chi connectivity index (χ0n) is 11.8. The van der Waals surface area contributed by atoms with Gasteiger partial charge in [0.05, 0.1) is 17.4 Å². The maximum Gasteiger partial charge on any atom is 0.303 e. The van der Waals surface area contributed by atoms with Gasteiger partial charge in [0.25, 0.3) is 5.91 Å². The summed E-state index contributed by atoms with van der Waals surface area (Å²) < 4.78 is 0. The minimum Gasteiger partial charge on any atom is -0.481 e. The number of aliphatic carboxylic acids is 1. The quantitative estimate of drug-likeness (QED) is 0.650. The highest BCUT2D eigenvalue weighted by Gasteiger charge is 2.06. The standard InChI is InChI=1S/C15H19N3O3/c19-14(20)5-3-1-2-4-8-16-15(21)11-6-7-12-13(9-11)18-10-17-12/h6-7,9-10H,1-5,8H2,(H,16,21)(H,17,18)(H,19,20). The highest BCUT2D eigenvalue weighted by atomic mass is 16.4. The van der Waals surface area contributed by atoms with Crippen LogP contribution in [0.2, 0.25) is 0 Å². The lowest BCUT2D eigenvalue weighted by Gasteiger charge is -2.05. The molecule has 3 N–H and O–H groups in total. The summed E-state index contributed by atoms with van der Waals surface area (Å²) in [5.41, 5.74) is 2.29. The monoisotopic (exact) mass is 289 g/mol. The second-order valence-corrected chi connectivity index (χ2v) is 4.95. The van der Waals surface area contributed by atoms with Gasteiger partial charge in [-0.15, -0.1) is 0 Å². The van der Waals surface area contributed by atoms with Crippen molar-refractivity contribution in [2.24, 2.45) is 0 Å². The fourth-order valence-electron chi connectivity index (χ4n) is 2.14. The molecule has 1 amide bonds. The van der Waals surface area contributed by atoms with E-state index >= 15 is 0 Å². The van der Waals surface area contributed by atoms with Crippen molar-refractivity contribution in [2.45, 2.75) is 32.1 Å². The lowest BCUT2D eigenvalue weighted by Crippen LogP contribution is -2.24. The molecule has 0 unspecified atom stereocenters. The second-order valence-electron chi connectivity index (χ2n) is 4.95. The Labute approximate surface area is 122 Å². The number of aromatic amines is 1. The molecule has 0 aliphatic carbocycles. The van der Waals surface area contributed by atoms with Crippen molar-refractivity contribution in [3.05, 3.63) is 30.1 Å². The summed E-state index contributed by atoms with van der Waals surface area (Å²) in [6.45, 7) is 0.604. The summed E-state index contributed by atoms with van der Waals surface area (Å²) in [6.07, 6.45) is 5.17. The number of carboxylic acid groups (broad SMARTS) is 1. The normalized spacial score (nSPS) is 10.7. The maximum absolute atomic E-state index is 12.0. The van der Waals surface area contributed by atoms with E-state index in [1.54, 1.807) is 18.5 Å². The summed E-state index contributed by atoms with van der Waals surface area (Å²) in [7, 11) is 0. The van der Waals surface area contributed by atoms with Gasteiger partial charge in [-0.25, -0.2) is 4.98 Å². The molecule has 0 saturated carbocycles. The van der Waals surface area contributed by atoms with E-state index < -0.39 is 5.97 Å². The van der Waals surface area contributed by atoms with Gasteiger partial charge in [0, 0.05) is 18.5 Å². The van der Waals surface area contributed by atoms with E-state index in [0.29, 0.717) is 18.5 Å². The van der Waals surface area contributed by atoms with E-state index in [-0.39, 0.29) is 12.3 Å². The number of fused-ring (bicyclic) bond motifs is 1. The van der Waals surface area contributed by atoms with Crippen LogP contribution in [0.4, 0.5) is 0 Å². The van der Waals surface area contributed by atoms with Crippen LogP contribution in [0.1, 0.15) is 42.5 Å². The molecule has 0 saturated heterocycles. The SMILES string of the molecule is O=C(O)CCCCCCNC(=O)c1ccc2nc[nH]c2c1. The van der Waals surface area contributed by atoms with Gasteiger partial charge < -0.3 is 15.4 Å². The lowest BCUT2D eigenvalue weighted by molar-refractivity contribution is -0.137. The Bertz CT molecular complexity index is 621. The zero-order chi connectivity index (χ0) is 15.1. The number of unbranched alkanes of at least 4 members (excludes halogenated alkanes) is 3. The first-order chi connectivity index (χ1) is 10.2. The Morgan fingerprint density at radius 2 is 2.00 bits per heavy atom. The fraction of sp³-hybridized carbons (Fsp3) is 0.400. The van der Waals surface area contributed by atoms with Crippen LogP contribution < -0.4 is 5.32 Å².